The van der Waals surface area contributed by atoms with E-state index in [1.165, 1.54) is 0 Å². The molecule has 1 atom stereocenters. The highest BCUT2D eigenvalue weighted by molar-refractivity contribution is 7.80. The Kier molecular flexibility index (Phi) is 10.7. The third kappa shape index (κ3) is 11.2. The van der Waals surface area contributed by atoms with Crippen LogP contribution < -0.4 is 5.73 Å². The zero-order valence-electron chi connectivity index (χ0n) is 9.40. The maximum atomic E-state index is 9.93. The predicted molar refractivity (Wildman–Crippen MR) is 76.0 cm³/mol. The van der Waals surface area contributed by atoms with E-state index in [0.717, 1.165) is 0 Å². The third-order valence-electron chi connectivity index (χ3n) is 1.63. The van der Waals surface area contributed by atoms with Crippen molar-refractivity contribution in [2.24, 2.45) is 5.73 Å². The van der Waals surface area contributed by atoms with Gasteiger partial charge in [-0.2, -0.15) is 24.0 Å². The number of carboxylic acids is 1. The van der Waals surface area contributed by atoms with Crippen molar-refractivity contribution < 1.29 is 9.90 Å². The minimum Gasteiger partial charge on any atom is -0.480 e. The van der Waals surface area contributed by atoms with Gasteiger partial charge < -0.3 is 10.8 Å². The molecule has 3 nitrogen and oxygen atoms in total. The topological polar surface area (TPSA) is 63.3 Å². The first kappa shape index (κ1) is 16.0. The van der Waals surface area contributed by atoms with Crippen LogP contribution in [0.15, 0.2) is 47.2 Å². The standard InChI is InChI=1S/C8H8S.C4H9NO2S/c1-2-4-6-8-9-7-5-3-1;5-3(1-2-8)4(6)7/h1-8H;3,8H,1-2,5H2,(H,6,7)/t;3-/m.0/s1. The van der Waals surface area contributed by atoms with Crippen molar-refractivity contribution in [1.29, 1.82) is 0 Å². The van der Waals surface area contributed by atoms with Gasteiger partial charge in [-0.25, -0.2) is 0 Å². The summed E-state index contributed by atoms with van der Waals surface area (Å²) in [5.41, 5.74) is 5.08. The number of hydrogen-bond donors (Lipinski definition) is 3. The number of carboxylic acid groups (broad SMARTS) is 1. The first-order chi connectivity index (χ1) is 8.18. The smallest absolute Gasteiger partial charge is 0.320 e. The van der Waals surface area contributed by atoms with Gasteiger partial charge in [0.25, 0.3) is 0 Å². The van der Waals surface area contributed by atoms with E-state index in [1.54, 1.807) is 11.3 Å². The molecule has 0 aromatic carbocycles. The number of rotatable bonds is 3. The highest BCUT2D eigenvalue weighted by Crippen LogP contribution is 1.89. The van der Waals surface area contributed by atoms with Gasteiger partial charge in [0.15, 0.2) is 0 Å². The van der Waals surface area contributed by atoms with Crippen LogP contribution in [0.4, 0.5) is 0 Å². The molecule has 94 valence electrons. The fourth-order valence-electron chi connectivity index (χ4n) is 0.746. The molecule has 17 heavy (non-hydrogen) atoms. The summed E-state index contributed by atoms with van der Waals surface area (Å²) in [6.45, 7) is 0. The summed E-state index contributed by atoms with van der Waals surface area (Å²) in [7, 11) is 0. The van der Waals surface area contributed by atoms with Crippen molar-refractivity contribution in [1.82, 2.24) is 0 Å². The van der Waals surface area contributed by atoms with Crippen LogP contribution in [0, 0.1) is 0 Å². The van der Waals surface area contributed by atoms with Crippen LogP contribution in [0.25, 0.3) is 0 Å². The summed E-state index contributed by atoms with van der Waals surface area (Å²) in [5.74, 6) is -0.438. The molecular formula is C12H17NO2S2. The molecule has 0 bridgehead atoms. The first-order valence-electron chi connectivity index (χ1n) is 5.08. The summed E-state index contributed by atoms with van der Waals surface area (Å²) < 4.78 is 0. The molecule has 1 rings (SSSR count). The Morgan fingerprint density at radius 1 is 1.18 bits per heavy atom. The maximum absolute atomic E-state index is 9.93. The molecule has 1 aromatic heterocycles. The van der Waals surface area contributed by atoms with Crippen LogP contribution in [-0.2, 0) is 4.79 Å². The van der Waals surface area contributed by atoms with E-state index in [9.17, 15) is 4.79 Å². The lowest BCUT2D eigenvalue weighted by molar-refractivity contribution is -0.138. The lowest BCUT2D eigenvalue weighted by Crippen LogP contribution is -2.30. The maximum Gasteiger partial charge on any atom is 0.320 e. The molecular weight excluding hydrogens is 254 g/mol. The van der Waals surface area contributed by atoms with Crippen LogP contribution in [0.3, 0.4) is 0 Å². The van der Waals surface area contributed by atoms with E-state index >= 15 is 0 Å². The van der Waals surface area contributed by atoms with E-state index in [4.69, 9.17) is 10.8 Å². The van der Waals surface area contributed by atoms with Crippen LogP contribution in [0.1, 0.15) is 6.42 Å². The lowest BCUT2D eigenvalue weighted by Gasteiger charge is -2.00. The van der Waals surface area contributed by atoms with E-state index < -0.39 is 12.0 Å². The fourth-order valence-corrected chi connectivity index (χ4v) is 1.48. The van der Waals surface area contributed by atoms with Gasteiger partial charge in [-0.3, -0.25) is 4.79 Å². The molecule has 0 saturated carbocycles. The molecule has 5 heteroatoms. The van der Waals surface area contributed by atoms with Crippen LogP contribution >= 0.6 is 24.0 Å². The second-order valence-electron chi connectivity index (χ2n) is 3.02. The van der Waals surface area contributed by atoms with Crippen LogP contribution in [-0.4, -0.2) is 22.9 Å². The Morgan fingerprint density at radius 2 is 1.65 bits per heavy atom. The monoisotopic (exact) mass is 271 g/mol. The Labute approximate surface area is 111 Å². The molecule has 0 amide bonds. The second kappa shape index (κ2) is 11.4. The van der Waals surface area contributed by atoms with Gasteiger partial charge in [-0.15, -0.1) is 0 Å². The number of nitrogens with two attached hydrogens (primary N) is 1. The average molecular weight is 271 g/mol. The first-order valence-corrected chi connectivity index (χ1v) is 6.65. The highest BCUT2D eigenvalue weighted by Gasteiger charge is 2.08. The third-order valence-corrected chi connectivity index (χ3v) is 2.51. The van der Waals surface area contributed by atoms with Crippen LogP contribution in [0.5, 0.6) is 0 Å². The summed E-state index contributed by atoms with van der Waals surface area (Å²) in [4.78, 5) is 9.93. The molecule has 1 heterocycles. The second-order valence-corrected chi connectivity index (χ2v) is 4.28. The van der Waals surface area contributed by atoms with Crippen molar-refractivity contribution in [3.8, 4) is 0 Å². The Balaban J connectivity index is 0.000000304. The SMILES string of the molecule is N[C@@H](CCS)C(=O)O.c1ccccsccc1. The normalized spacial score (nSPS) is 10.5. The van der Waals surface area contributed by atoms with E-state index in [-0.39, 0.29) is 0 Å². The van der Waals surface area contributed by atoms with E-state index in [1.807, 2.05) is 47.2 Å². The van der Waals surface area contributed by atoms with Crippen LogP contribution in [0.2, 0.25) is 0 Å². The van der Waals surface area contributed by atoms with Crippen molar-refractivity contribution in [2.45, 2.75) is 12.5 Å². The number of aliphatic carboxylic acids is 1. The molecule has 0 radical (unpaired) electrons. The van der Waals surface area contributed by atoms with Crippen molar-refractivity contribution in [3.63, 3.8) is 0 Å². The number of carbonyl (C=O) groups is 1. The molecule has 0 aliphatic carbocycles. The van der Waals surface area contributed by atoms with Gasteiger partial charge >= 0.3 is 5.97 Å². The molecule has 0 fully saturated rings. The average Bonchev–Trinajstić information content (AvgIpc) is 2.45. The Hall–Kier alpha value is -1.04. The van der Waals surface area contributed by atoms with Gasteiger partial charge in [0.1, 0.15) is 6.04 Å². The van der Waals surface area contributed by atoms with E-state index in [2.05, 4.69) is 12.6 Å². The van der Waals surface area contributed by atoms with Crippen molar-refractivity contribution in [2.75, 3.05) is 5.75 Å². The van der Waals surface area contributed by atoms with Gasteiger partial charge in [0, 0.05) is 0 Å². The highest BCUT2D eigenvalue weighted by atomic mass is 32.1. The lowest BCUT2D eigenvalue weighted by atomic mass is 10.2. The minimum atomic E-state index is -0.959. The van der Waals surface area contributed by atoms with Gasteiger partial charge in [-0.05, 0) is 22.9 Å². The Morgan fingerprint density at radius 3 is 2.00 bits per heavy atom. The van der Waals surface area contributed by atoms with Crippen molar-refractivity contribution in [3.05, 3.63) is 47.2 Å². The molecule has 0 aliphatic rings. The zero-order chi connectivity index (χ0) is 12.9. The van der Waals surface area contributed by atoms with Gasteiger partial charge in [-0.1, -0.05) is 36.4 Å². The molecule has 0 aliphatic heterocycles. The quantitative estimate of drug-likeness (QED) is 0.740. The van der Waals surface area contributed by atoms with E-state index in [0.29, 0.717) is 12.2 Å². The predicted octanol–water partition coefficient (Wildman–Crippen LogP) is 2.59. The molecule has 3 N–H and O–H groups in total. The summed E-state index contributed by atoms with van der Waals surface area (Å²) >= 11 is 5.49. The Bertz CT molecular complexity index is 279. The molecule has 1 aromatic rings. The minimum absolute atomic E-state index is 0.429. The number of hydrogen-bond acceptors (Lipinski definition) is 4. The van der Waals surface area contributed by atoms with Gasteiger partial charge in [0.2, 0.25) is 0 Å². The fraction of sp³-hybridized carbons (Fsp3) is 0.250. The van der Waals surface area contributed by atoms with Crippen molar-refractivity contribution >= 4 is 29.9 Å². The molecule has 0 unspecified atom stereocenters. The zero-order valence-corrected chi connectivity index (χ0v) is 11.1. The molecule has 0 spiro atoms. The van der Waals surface area contributed by atoms with Gasteiger partial charge in [0.05, 0.1) is 0 Å². The summed E-state index contributed by atoms with van der Waals surface area (Å²) in [5, 5.41) is 12.2. The number of thiol groups is 1. The summed E-state index contributed by atoms with van der Waals surface area (Å²) in [6, 6.07) is 11.3. The summed E-state index contributed by atoms with van der Waals surface area (Å²) in [6.07, 6.45) is 0.429. The molecule has 0 saturated heterocycles. The largest absolute Gasteiger partial charge is 0.480 e.